The predicted octanol–water partition coefficient (Wildman–Crippen LogP) is 2.88. The van der Waals surface area contributed by atoms with Crippen molar-refractivity contribution in [3.8, 4) is 0 Å². The van der Waals surface area contributed by atoms with Gasteiger partial charge in [-0.1, -0.05) is 13.8 Å². The molecule has 1 aliphatic carbocycles. The van der Waals surface area contributed by atoms with Gasteiger partial charge in [0.05, 0.1) is 17.6 Å². The summed E-state index contributed by atoms with van der Waals surface area (Å²) in [6.45, 7) is 4.74. The second-order valence-electron chi connectivity index (χ2n) is 8.89. The number of pyridine rings is 1. The van der Waals surface area contributed by atoms with Crippen LogP contribution in [0.4, 0.5) is 27.7 Å². The molecule has 5 rings (SSSR count). The van der Waals surface area contributed by atoms with Crippen molar-refractivity contribution >= 4 is 35.0 Å². The molecule has 2 aliphatic rings. The summed E-state index contributed by atoms with van der Waals surface area (Å²) in [6, 6.07) is 4.08. The number of rotatable bonds is 6. The Morgan fingerprint density at radius 2 is 2.12 bits per heavy atom. The standard InChI is InChI=1S/C23H25FN8O2/c1-12(2)16-10-20(31-30-16)28-21-15-8-14(33)9-17(15)27-23(29-21)32-7-3-4-18(32)22(34)26-13-5-6-19(24)25-11-13/h5-6,10-12,18H,3-4,7-9H2,1-2H3,(H,26,34)(H2,27,28,29,30,31)/t18-/m1/s1. The van der Waals surface area contributed by atoms with Gasteiger partial charge in [-0.3, -0.25) is 14.7 Å². The molecule has 11 heteroatoms. The molecule has 4 heterocycles. The maximum Gasteiger partial charge on any atom is 0.247 e. The number of hydrogen-bond donors (Lipinski definition) is 3. The van der Waals surface area contributed by atoms with Crippen LogP contribution < -0.4 is 15.5 Å². The van der Waals surface area contributed by atoms with Gasteiger partial charge in [-0.15, -0.1) is 0 Å². The van der Waals surface area contributed by atoms with Crippen LogP contribution in [0.3, 0.4) is 0 Å². The first kappa shape index (κ1) is 21.9. The monoisotopic (exact) mass is 464 g/mol. The lowest BCUT2D eigenvalue weighted by Gasteiger charge is -2.25. The molecule has 0 unspecified atom stereocenters. The Labute approximate surface area is 195 Å². The molecule has 3 N–H and O–H groups in total. The molecule has 1 saturated heterocycles. The number of hydrogen-bond acceptors (Lipinski definition) is 8. The molecule has 34 heavy (non-hydrogen) atoms. The molecular weight excluding hydrogens is 439 g/mol. The lowest BCUT2D eigenvalue weighted by atomic mass is 10.1. The number of aromatic nitrogens is 5. The highest BCUT2D eigenvalue weighted by Crippen LogP contribution is 2.32. The number of fused-ring (bicyclic) bond motifs is 1. The van der Waals surface area contributed by atoms with Gasteiger partial charge in [0, 0.05) is 36.7 Å². The number of aromatic amines is 1. The fourth-order valence-corrected chi connectivity index (χ4v) is 4.30. The highest BCUT2D eigenvalue weighted by molar-refractivity contribution is 5.97. The molecule has 0 aromatic carbocycles. The van der Waals surface area contributed by atoms with Crippen molar-refractivity contribution in [1.82, 2.24) is 25.1 Å². The van der Waals surface area contributed by atoms with Crippen LogP contribution in [0.2, 0.25) is 0 Å². The van der Waals surface area contributed by atoms with E-state index < -0.39 is 12.0 Å². The summed E-state index contributed by atoms with van der Waals surface area (Å²) in [5.74, 6) is 1.04. The fraction of sp³-hybridized carbons (Fsp3) is 0.391. The first-order valence-electron chi connectivity index (χ1n) is 11.3. The second-order valence-corrected chi connectivity index (χ2v) is 8.89. The molecule has 0 spiro atoms. The van der Waals surface area contributed by atoms with Gasteiger partial charge in [0.15, 0.2) is 5.82 Å². The summed E-state index contributed by atoms with van der Waals surface area (Å²) in [6.07, 6.45) is 3.20. The zero-order valence-corrected chi connectivity index (χ0v) is 18.9. The number of nitrogens with zero attached hydrogens (tertiary/aromatic N) is 5. The lowest BCUT2D eigenvalue weighted by molar-refractivity contribution is -0.118. The minimum absolute atomic E-state index is 0.0777. The maximum absolute atomic E-state index is 13.1. The summed E-state index contributed by atoms with van der Waals surface area (Å²) in [5.41, 5.74) is 2.84. The van der Waals surface area contributed by atoms with E-state index in [4.69, 9.17) is 4.98 Å². The number of carbonyl (C=O) groups is 2. The lowest BCUT2D eigenvalue weighted by Crippen LogP contribution is -2.40. The summed E-state index contributed by atoms with van der Waals surface area (Å²) in [4.78, 5) is 40.0. The van der Waals surface area contributed by atoms with E-state index in [0.29, 0.717) is 41.9 Å². The summed E-state index contributed by atoms with van der Waals surface area (Å²) in [7, 11) is 0. The molecule has 1 aliphatic heterocycles. The Balaban J connectivity index is 1.42. The number of H-pyrrole nitrogens is 1. The van der Waals surface area contributed by atoms with Crippen LogP contribution in [0, 0.1) is 5.95 Å². The molecule has 1 fully saturated rings. The van der Waals surface area contributed by atoms with Gasteiger partial charge in [0.25, 0.3) is 0 Å². The van der Waals surface area contributed by atoms with E-state index in [1.807, 2.05) is 11.0 Å². The van der Waals surface area contributed by atoms with Crippen LogP contribution in [0.1, 0.15) is 49.6 Å². The van der Waals surface area contributed by atoms with Gasteiger partial charge in [-0.05, 0) is 30.9 Å². The highest BCUT2D eigenvalue weighted by atomic mass is 19.1. The number of carbonyl (C=O) groups excluding carboxylic acids is 2. The Morgan fingerprint density at radius 1 is 1.26 bits per heavy atom. The smallest absolute Gasteiger partial charge is 0.247 e. The molecule has 176 valence electrons. The Morgan fingerprint density at radius 3 is 2.85 bits per heavy atom. The number of halogens is 1. The van der Waals surface area contributed by atoms with Crippen LogP contribution in [0.25, 0.3) is 0 Å². The average Bonchev–Trinajstić information content (AvgIpc) is 3.54. The molecule has 3 aromatic heterocycles. The number of anilines is 4. The minimum atomic E-state index is -0.612. The Hall–Kier alpha value is -3.89. The molecule has 10 nitrogen and oxygen atoms in total. The predicted molar refractivity (Wildman–Crippen MR) is 124 cm³/mol. The van der Waals surface area contributed by atoms with Crippen molar-refractivity contribution in [3.63, 3.8) is 0 Å². The summed E-state index contributed by atoms with van der Waals surface area (Å²) in [5, 5.41) is 13.3. The second kappa shape index (κ2) is 8.81. The molecule has 0 bridgehead atoms. The fourth-order valence-electron chi connectivity index (χ4n) is 4.30. The van der Waals surface area contributed by atoms with Crippen molar-refractivity contribution in [3.05, 3.63) is 47.3 Å². The maximum atomic E-state index is 13.1. The summed E-state index contributed by atoms with van der Waals surface area (Å²) >= 11 is 0. The SMILES string of the molecule is CC(C)c1cc(Nc2nc(N3CCC[C@@H]3C(=O)Nc3ccc(F)nc3)nc3c2CC(=O)C3)n[nH]1. The topological polar surface area (TPSA) is 129 Å². The first-order valence-corrected chi connectivity index (χ1v) is 11.3. The molecule has 0 radical (unpaired) electrons. The molecule has 0 saturated carbocycles. The Kier molecular flexibility index (Phi) is 5.68. The van der Waals surface area contributed by atoms with Gasteiger partial charge in [-0.25, -0.2) is 9.97 Å². The molecule has 1 atom stereocenters. The van der Waals surface area contributed by atoms with Crippen LogP contribution in [0.15, 0.2) is 24.4 Å². The van der Waals surface area contributed by atoms with E-state index >= 15 is 0 Å². The quantitative estimate of drug-likeness (QED) is 0.475. The van der Waals surface area contributed by atoms with Crippen LogP contribution in [-0.4, -0.2) is 49.4 Å². The van der Waals surface area contributed by atoms with E-state index in [0.717, 1.165) is 17.7 Å². The van der Waals surface area contributed by atoms with Crippen LogP contribution in [-0.2, 0) is 22.4 Å². The zero-order chi connectivity index (χ0) is 23.8. The third-order valence-electron chi connectivity index (χ3n) is 6.09. The normalized spacial score (nSPS) is 17.4. The van der Waals surface area contributed by atoms with Gasteiger partial charge in [0.1, 0.15) is 17.6 Å². The van der Waals surface area contributed by atoms with E-state index in [2.05, 4.69) is 44.6 Å². The third-order valence-corrected chi connectivity index (χ3v) is 6.09. The number of amides is 1. The van der Waals surface area contributed by atoms with Crippen molar-refractivity contribution in [2.75, 3.05) is 22.1 Å². The van der Waals surface area contributed by atoms with E-state index in [9.17, 15) is 14.0 Å². The molecular formula is C23H25FN8O2. The van der Waals surface area contributed by atoms with Gasteiger partial charge >= 0.3 is 0 Å². The number of ketones is 1. The summed E-state index contributed by atoms with van der Waals surface area (Å²) < 4.78 is 13.1. The van der Waals surface area contributed by atoms with Crippen molar-refractivity contribution in [1.29, 1.82) is 0 Å². The molecule has 3 aromatic rings. The number of nitrogens with one attached hydrogen (secondary N) is 3. The Bertz CT molecular complexity index is 1240. The van der Waals surface area contributed by atoms with Gasteiger partial charge < -0.3 is 15.5 Å². The van der Waals surface area contributed by atoms with Crippen LogP contribution >= 0.6 is 0 Å². The largest absolute Gasteiger partial charge is 0.329 e. The highest BCUT2D eigenvalue weighted by Gasteiger charge is 2.35. The number of Topliss-reactive ketones (excluding diaryl/α,β-unsaturated/α-hetero) is 1. The van der Waals surface area contributed by atoms with Gasteiger partial charge in [-0.2, -0.15) is 14.5 Å². The first-order chi connectivity index (χ1) is 16.4. The van der Waals surface area contributed by atoms with Crippen molar-refractivity contribution < 1.29 is 14.0 Å². The molecule has 1 amide bonds. The third kappa shape index (κ3) is 4.33. The van der Waals surface area contributed by atoms with E-state index in [1.165, 1.54) is 18.3 Å². The van der Waals surface area contributed by atoms with E-state index in [-0.39, 0.29) is 30.4 Å². The van der Waals surface area contributed by atoms with Crippen molar-refractivity contribution in [2.45, 2.75) is 51.5 Å². The average molecular weight is 465 g/mol. The minimum Gasteiger partial charge on any atom is -0.329 e. The van der Waals surface area contributed by atoms with Crippen LogP contribution in [0.5, 0.6) is 0 Å². The van der Waals surface area contributed by atoms with E-state index in [1.54, 1.807) is 0 Å². The zero-order valence-electron chi connectivity index (χ0n) is 18.9. The van der Waals surface area contributed by atoms with Crippen molar-refractivity contribution in [2.24, 2.45) is 0 Å². The van der Waals surface area contributed by atoms with Gasteiger partial charge in [0.2, 0.25) is 17.8 Å².